The second-order valence-electron chi connectivity index (χ2n) is 5.79. The molecule has 1 N–H and O–H groups in total. The number of rotatable bonds is 3. The van der Waals surface area contributed by atoms with Gasteiger partial charge < -0.3 is 5.32 Å². The third-order valence-electron chi connectivity index (χ3n) is 3.92. The van der Waals surface area contributed by atoms with Gasteiger partial charge in [0.25, 0.3) is 0 Å². The van der Waals surface area contributed by atoms with Crippen LogP contribution in [-0.2, 0) is 9.84 Å². The molecular weight excluding hydrogens is 293 g/mol. The molecule has 20 heavy (non-hydrogen) atoms. The molecule has 4 nitrogen and oxygen atoms in total. The molecule has 2 heterocycles. The summed E-state index contributed by atoms with van der Waals surface area (Å²) in [4.78, 5) is 1.41. The molecule has 1 atom stereocenters. The van der Waals surface area contributed by atoms with Crippen molar-refractivity contribution in [1.29, 1.82) is 0 Å². The molecule has 2 saturated heterocycles. The fourth-order valence-corrected chi connectivity index (χ4v) is 4.65. The van der Waals surface area contributed by atoms with Gasteiger partial charge in [0.1, 0.15) is 0 Å². The monoisotopic (exact) mass is 314 g/mol. The zero-order chi connectivity index (χ0) is 14.8. The summed E-state index contributed by atoms with van der Waals surface area (Å²) in [6.07, 6.45) is -1.34. The number of sulfone groups is 1. The van der Waals surface area contributed by atoms with Crippen LogP contribution in [0.3, 0.4) is 0 Å². The van der Waals surface area contributed by atoms with E-state index in [4.69, 9.17) is 0 Å². The molecule has 0 saturated carbocycles. The average Bonchev–Trinajstić information content (AvgIpc) is 2.28. The highest BCUT2D eigenvalue weighted by atomic mass is 32.2. The molecule has 0 bridgehead atoms. The average molecular weight is 314 g/mol. The van der Waals surface area contributed by atoms with Crippen LogP contribution in [0.1, 0.15) is 25.7 Å². The van der Waals surface area contributed by atoms with Gasteiger partial charge in [-0.05, 0) is 38.8 Å². The summed E-state index contributed by atoms with van der Waals surface area (Å²) >= 11 is 0. The number of nitrogens with one attached hydrogen (secondary N) is 1. The molecule has 8 heteroatoms. The van der Waals surface area contributed by atoms with Crippen molar-refractivity contribution < 1.29 is 21.6 Å². The van der Waals surface area contributed by atoms with E-state index in [0.29, 0.717) is 32.4 Å². The van der Waals surface area contributed by atoms with Crippen LogP contribution in [0.25, 0.3) is 0 Å². The predicted octanol–water partition coefficient (Wildman–Crippen LogP) is 1.18. The highest BCUT2D eigenvalue weighted by Gasteiger charge is 2.33. The van der Waals surface area contributed by atoms with Gasteiger partial charge in [-0.3, -0.25) is 4.90 Å². The maximum atomic E-state index is 12.3. The number of halogens is 3. The van der Waals surface area contributed by atoms with E-state index in [0.717, 1.165) is 6.42 Å². The zero-order valence-corrected chi connectivity index (χ0v) is 12.1. The topological polar surface area (TPSA) is 49.4 Å². The summed E-state index contributed by atoms with van der Waals surface area (Å²) in [6, 6.07) is 0.102. The van der Waals surface area contributed by atoms with Crippen LogP contribution >= 0.6 is 0 Å². The van der Waals surface area contributed by atoms with Gasteiger partial charge in [-0.1, -0.05) is 0 Å². The van der Waals surface area contributed by atoms with E-state index in [2.05, 4.69) is 5.32 Å². The van der Waals surface area contributed by atoms with Crippen LogP contribution < -0.4 is 5.32 Å². The first kappa shape index (κ1) is 16.0. The number of hydrogen-bond donors (Lipinski definition) is 1. The van der Waals surface area contributed by atoms with Crippen LogP contribution in [0.2, 0.25) is 0 Å². The molecule has 2 aliphatic heterocycles. The van der Waals surface area contributed by atoms with Crippen LogP contribution in [0.15, 0.2) is 0 Å². The quantitative estimate of drug-likeness (QED) is 0.850. The summed E-state index contributed by atoms with van der Waals surface area (Å²) in [7, 11) is -2.94. The van der Waals surface area contributed by atoms with Gasteiger partial charge in [0, 0.05) is 12.1 Å². The molecule has 0 aromatic carbocycles. The lowest BCUT2D eigenvalue weighted by Crippen LogP contribution is -2.50. The van der Waals surface area contributed by atoms with Crippen molar-refractivity contribution in [1.82, 2.24) is 10.2 Å². The Kier molecular flexibility index (Phi) is 4.96. The van der Waals surface area contributed by atoms with Crippen LogP contribution in [-0.4, -0.2) is 62.7 Å². The molecule has 0 spiro atoms. The van der Waals surface area contributed by atoms with E-state index in [9.17, 15) is 21.6 Å². The van der Waals surface area contributed by atoms with Crippen LogP contribution in [0.5, 0.6) is 0 Å². The van der Waals surface area contributed by atoms with Gasteiger partial charge in [-0.2, -0.15) is 13.2 Å². The maximum absolute atomic E-state index is 12.3. The first-order valence-corrected chi connectivity index (χ1v) is 8.81. The van der Waals surface area contributed by atoms with Gasteiger partial charge in [-0.15, -0.1) is 0 Å². The van der Waals surface area contributed by atoms with Crippen molar-refractivity contribution in [3.8, 4) is 0 Å². The SMILES string of the molecule is O=S1(=O)CCCC(NC2CCN(CC(F)(F)F)CC2)C1. The Balaban J connectivity index is 1.74. The normalized spacial score (nSPS) is 29.4. The van der Waals surface area contributed by atoms with E-state index < -0.39 is 22.6 Å². The first-order chi connectivity index (χ1) is 9.23. The minimum absolute atomic E-state index is 0.0343. The zero-order valence-electron chi connectivity index (χ0n) is 11.3. The van der Waals surface area contributed by atoms with Crippen molar-refractivity contribution in [3.63, 3.8) is 0 Å². The second kappa shape index (κ2) is 6.19. The molecule has 2 fully saturated rings. The van der Waals surface area contributed by atoms with E-state index >= 15 is 0 Å². The lowest BCUT2D eigenvalue weighted by molar-refractivity contribution is -0.148. The van der Waals surface area contributed by atoms with Crippen molar-refractivity contribution in [2.75, 3.05) is 31.1 Å². The molecule has 2 rings (SSSR count). The highest BCUT2D eigenvalue weighted by Crippen LogP contribution is 2.21. The molecule has 0 aliphatic carbocycles. The van der Waals surface area contributed by atoms with Crippen LogP contribution in [0.4, 0.5) is 13.2 Å². The molecule has 1 unspecified atom stereocenters. The molecule has 0 amide bonds. The van der Waals surface area contributed by atoms with Gasteiger partial charge in [0.05, 0.1) is 18.1 Å². The molecule has 0 aromatic heterocycles. The Morgan fingerprint density at radius 2 is 1.75 bits per heavy atom. The Morgan fingerprint density at radius 1 is 1.10 bits per heavy atom. The summed E-state index contributed by atoms with van der Waals surface area (Å²) < 4.78 is 59.9. The van der Waals surface area contributed by atoms with Crippen molar-refractivity contribution in [3.05, 3.63) is 0 Å². The van der Waals surface area contributed by atoms with Crippen LogP contribution in [0, 0.1) is 0 Å². The maximum Gasteiger partial charge on any atom is 0.401 e. The Bertz CT molecular complexity index is 417. The number of nitrogens with zero attached hydrogens (tertiary/aromatic N) is 1. The molecule has 118 valence electrons. The predicted molar refractivity (Wildman–Crippen MR) is 70.3 cm³/mol. The second-order valence-corrected chi connectivity index (χ2v) is 8.01. The number of piperidine rings is 1. The van der Waals surface area contributed by atoms with Crippen molar-refractivity contribution in [2.24, 2.45) is 0 Å². The van der Waals surface area contributed by atoms with Crippen molar-refractivity contribution in [2.45, 2.75) is 43.9 Å². The van der Waals surface area contributed by atoms with E-state index in [-0.39, 0.29) is 23.6 Å². The number of likely N-dealkylation sites (tertiary alicyclic amines) is 1. The highest BCUT2D eigenvalue weighted by molar-refractivity contribution is 7.91. The molecule has 2 aliphatic rings. The minimum Gasteiger partial charge on any atom is -0.310 e. The first-order valence-electron chi connectivity index (χ1n) is 6.99. The summed E-state index contributed by atoms with van der Waals surface area (Å²) in [5.74, 6) is 0.422. The Morgan fingerprint density at radius 3 is 2.30 bits per heavy atom. The largest absolute Gasteiger partial charge is 0.401 e. The van der Waals surface area contributed by atoms with E-state index in [1.165, 1.54) is 4.90 Å². The lowest BCUT2D eigenvalue weighted by Gasteiger charge is -2.35. The van der Waals surface area contributed by atoms with E-state index in [1.807, 2.05) is 0 Å². The lowest BCUT2D eigenvalue weighted by atomic mass is 10.0. The molecule has 0 aromatic rings. The third kappa shape index (κ3) is 5.21. The Hall–Kier alpha value is -0.340. The van der Waals surface area contributed by atoms with Crippen molar-refractivity contribution >= 4 is 9.84 Å². The van der Waals surface area contributed by atoms with Gasteiger partial charge in [-0.25, -0.2) is 8.42 Å². The number of alkyl halides is 3. The minimum atomic E-state index is -4.14. The Labute approximate surface area is 117 Å². The fraction of sp³-hybridized carbons (Fsp3) is 1.00. The smallest absolute Gasteiger partial charge is 0.310 e. The molecule has 0 radical (unpaired) electrons. The van der Waals surface area contributed by atoms with E-state index in [1.54, 1.807) is 0 Å². The summed E-state index contributed by atoms with van der Waals surface area (Å²) in [5, 5.41) is 3.31. The number of hydrogen-bond acceptors (Lipinski definition) is 4. The third-order valence-corrected chi connectivity index (χ3v) is 5.75. The van der Waals surface area contributed by atoms with Gasteiger partial charge >= 0.3 is 6.18 Å². The van der Waals surface area contributed by atoms with Gasteiger partial charge in [0.2, 0.25) is 0 Å². The standard InChI is InChI=1S/C12H21F3N2O2S/c13-12(14,15)9-17-5-3-10(4-6-17)16-11-2-1-7-20(18,19)8-11/h10-11,16H,1-9H2. The van der Waals surface area contributed by atoms with Gasteiger partial charge in [0.15, 0.2) is 9.84 Å². The molecular formula is C12H21F3N2O2S. The summed E-state index contributed by atoms with van der Waals surface area (Å²) in [6.45, 7) is -0.0230. The fourth-order valence-electron chi connectivity index (χ4n) is 3.00. The summed E-state index contributed by atoms with van der Waals surface area (Å²) in [5.41, 5.74) is 0.